The molecule has 5 heterocycles. The van der Waals surface area contributed by atoms with Crippen LogP contribution in [0.2, 0.25) is 0 Å². The average molecular weight is 1140 g/mol. The van der Waals surface area contributed by atoms with Crippen molar-refractivity contribution in [2.45, 2.75) is 203 Å². The maximum Gasteiger partial charge on any atom is 0.330 e. The van der Waals surface area contributed by atoms with Crippen molar-refractivity contribution in [3.63, 3.8) is 0 Å². The number of aliphatic carboxylic acids is 1. The fourth-order valence-electron chi connectivity index (χ4n) is 10.3. The van der Waals surface area contributed by atoms with E-state index in [-0.39, 0.29) is 51.5 Å². The van der Waals surface area contributed by atoms with Crippen molar-refractivity contribution in [3.05, 3.63) is 33.1 Å². The van der Waals surface area contributed by atoms with Crippen molar-refractivity contribution in [1.29, 1.82) is 0 Å². The lowest BCUT2D eigenvalue weighted by Crippen LogP contribution is -2.66. The van der Waals surface area contributed by atoms with Gasteiger partial charge in [-0.05, 0) is 31.1 Å². The summed E-state index contributed by atoms with van der Waals surface area (Å²) in [5, 5.41) is 68.2. The molecule has 3 fully saturated rings. The first-order valence-electron chi connectivity index (χ1n) is 27.9. The number of nitrogens with zero attached hydrogens (tertiary/aromatic N) is 4. The number of unbranched alkanes of at least 4 members (excludes halogenated alkanes) is 9. The molecule has 4 aliphatic rings. The molecule has 0 aromatic carbocycles. The number of aromatic nitrogens is 2. The van der Waals surface area contributed by atoms with Crippen LogP contribution in [0.4, 0.5) is 9.59 Å². The number of carbonyl (C=O) groups excluding carboxylic acids is 5. The summed E-state index contributed by atoms with van der Waals surface area (Å²) in [4.78, 5) is 116. The Balaban J connectivity index is 1.41. The van der Waals surface area contributed by atoms with Crippen LogP contribution in [0.15, 0.2) is 26.8 Å². The number of ether oxygens (including phenoxy) is 4. The number of rotatable bonds is 32. The van der Waals surface area contributed by atoms with Gasteiger partial charge in [-0.2, -0.15) is 0 Å². The molecule has 5 rings (SSSR count). The maximum absolute atomic E-state index is 14.9. The second kappa shape index (κ2) is 30.9. The molecule has 7 amide bonds. The monoisotopic (exact) mass is 1140 g/mol. The number of nitrogens with two attached hydrogens (primary N) is 2. The Morgan fingerprint density at radius 1 is 0.850 bits per heavy atom. The number of methoxy groups -OCH3 is 1. The van der Waals surface area contributed by atoms with Gasteiger partial charge < -0.3 is 87.4 Å². The van der Waals surface area contributed by atoms with E-state index in [1.807, 2.05) is 0 Å². The van der Waals surface area contributed by atoms with E-state index in [0.29, 0.717) is 12.8 Å². The molecule has 4 aliphatic heterocycles. The van der Waals surface area contributed by atoms with Gasteiger partial charge in [0, 0.05) is 52.1 Å². The highest BCUT2D eigenvalue weighted by Crippen LogP contribution is 2.38. The molecule has 80 heavy (non-hydrogen) atoms. The van der Waals surface area contributed by atoms with Crippen LogP contribution in [-0.2, 0) is 38.1 Å². The fraction of sp³-hybridized carbons (Fsp3) is 0.784. The summed E-state index contributed by atoms with van der Waals surface area (Å²) in [7, 11) is 1.26. The van der Waals surface area contributed by atoms with E-state index in [4.69, 9.17) is 30.4 Å². The van der Waals surface area contributed by atoms with Crippen molar-refractivity contribution in [2.75, 3.05) is 39.8 Å². The molecule has 8 unspecified atom stereocenters. The lowest BCUT2D eigenvalue weighted by molar-refractivity contribution is -0.233. The Morgan fingerprint density at radius 2 is 1.51 bits per heavy atom. The molecule has 0 spiro atoms. The highest BCUT2D eigenvalue weighted by Gasteiger charge is 2.59. The summed E-state index contributed by atoms with van der Waals surface area (Å²) < 4.78 is 25.0. The molecule has 0 saturated carbocycles. The lowest BCUT2D eigenvalue weighted by Gasteiger charge is -2.36. The third kappa shape index (κ3) is 16.7. The molecule has 15 atom stereocenters. The van der Waals surface area contributed by atoms with Gasteiger partial charge in [0.25, 0.3) is 11.5 Å². The van der Waals surface area contributed by atoms with E-state index in [9.17, 15) is 63.9 Å². The average Bonchev–Trinajstić information content (AvgIpc) is 4.08. The summed E-state index contributed by atoms with van der Waals surface area (Å²) in [6.45, 7) is 7.92. The lowest BCUT2D eigenvalue weighted by atomic mass is 9.97. The van der Waals surface area contributed by atoms with Gasteiger partial charge in [-0.3, -0.25) is 38.6 Å². The molecular formula is C51H86N12O17. The van der Waals surface area contributed by atoms with Crippen LogP contribution >= 0.6 is 0 Å². The third-order valence-electron chi connectivity index (χ3n) is 14.9. The molecule has 3 saturated heterocycles. The Bertz CT molecular complexity index is 2380. The third-order valence-corrected chi connectivity index (χ3v) is 14.9. The van der Waals surface area contributed by atoms with Crippen molar-refractivity contribution in [3.8, 4) is 0 Å². The SMILES string of the molecule is CCCCCCCCCCCCN1C(=O)C(C(OC2O[C@H](CN)[C@@H](O)[C@H]2OC)[C@H]2O[C@@H](n3ccc(=O)[nH]c3=O)[C@H](O)[C@@H]2O)N(CCCNC(=O)C(NC(=O)C(NC(=O)NC(C(=O)O)C(C)C)C2CCN=C(N)N2)C(O)C(C)C)C1=O. The largest absolute Gasteiger partial charge is 0.480 e. The Hall–Kier alpha value is -5.79. The zero-order valence-corrected chi connectivity index (χ0v) is 46.6. The van der Waals surface area contributed by atoms with Crippen LogP contribution in [-0.4, -0.2) is 212 Å². The first-order valence-corrected chi connectivity index (χ1v) is 27.9. The number of aliphatic hydroxyl groups excluding tert-OH is 4. The van der Waals surface area contributed by atoms with E-state index in [1.165, 1.54) is 20.0 Å². The minimum atomic E-state index is -1.92. The van der Waals surface area contributed by atoms with Crippen molar-refractivity contribution < 1.29 is 73.2 Å². The van der Waals surface area contributed by atoms with Gasteiger partial charge in [0.1, 0.15) is 66.9 Å². The molecule has 1 aromatic rings. The number of carboxylic acid groups (broad SMARTS) is 1. The number of amides is 7. The topological polar surface area (TPSA) is 426 Å². The van der Waals surface area contributed by atoms with Gasteiger partial charge in [0.15, 0.2) is 18.5 Å². The van der Waals surface area contributed by atoms with Crippen LogP contribution in [0.3, 0.4) is 0 Å². The molecule has 0 radical (unpaired) electrons. The molecule has 15 N–H and O–H groups in total. The highest BCUT2D eigenvalue weighted by molar-refractivity contribution is 6.04. The second-order valence-electron chi connectivity index (χ2n) is 21.5. The predicted octanol–water partition coefficient (Wildman–Crippen LogP) is -2.38. The van der Waals surface area contributed by atoms with E-state index < -0.39 is 150 Å². The summed E-state index contributed by atoms with van der Waals surface area (Å²) >= 11 is 0. The fourth-order valence-corrected chi connectivity index (χ4v) is 10.3. The number of hydrogen-bond donors (Lipinski definition) is 13. The number of carbonyl (C=O) groups is 6. The quantitative estimate of drug-likeness (QED) is 0.0265. The van der Waals surface area contributed by atoms with E-state index in [1.54, 1.807) is 27.7 Å². The number of aliphatic hydroxyl groups is 4. The summed E-state index contributed by atoms with van der Waals surface area (Å²) in [6.07, 6.45) is -4.71. The molecular weight excluding hydrogens is 1050 g/mol. The van der Waals surface area contributed by atoms with E-state index >= 15 is 0 Å². The second-order valence-corrected chi connectivity index (χ2v) is 21.5. The van der Waals surface area contributed by atoms with Gasteiger partial charge in [-0.25, -0.2) is 19.2 Å². The first-order chi connectivity index (χ1) is 38.1. The van der Waals surface area contributed by atoms with E-state index in [2.05, 4.69) is 43.5 Å². The van der Waals surface area contributed by atoms with Crippen molar-refractivity contribution in [1.82, 2.24) is 45.9 Å². The minimum absolute atomic E-state index is 0.0229. The first kappa shape index (κ1) is 65.0. The van der Waals surface area contributed by atoms with Gasteiger partial charge in [-0.15, -0.1) is 0 Å². The predicted molar refractivity (Wildman–Crippen MR) is 286 cm³/mol. The van der Waals surface area contributed by atoms with Gasteiger partial charge in [-0.1, -0.05) is 92.4 Å². The Labute approximate surface area is 464 Å². The van der Waals surface area contributed by atoms with Crippen LogP contribution < -0.4 is 49.3 Å². The van der Waals surface area contributed by atoms with Crippen LogP contribution in [0.5, 0.6) is 0 Å². The van der Waals surface area contributed by atoms with Gasteiger partial charge in [0.05, 0.1) is 12.1 Å². The standard InChI is InChI=1S/C51H86N12O17/c1-7-8-9-10-11-12-13-14-15-16-22-62-44(71)34(39(80-47-41(77-6)36(66)29(25-52)78-47)40-37(67)38(68)45(79-40)63-24-19-30(64)57-50(63)75)61(51(62)76)23-17-20-54-42(69)33(35(65)27(4)5)58-43(70)32(28-18-21-55-48(53)56-28)60-49(74)59-31(26(2)3)46(72)73/h19,24,26-29,31-41,45,47,65-68H,7-18,20-23,25,52H2,1-6H3,(H,54,69)(H,58,70)(H,72,73)(H3,53,55,56)(H,57,64,75)(H2,59,60,74)/t28?,29-,31?,32?,33?,34?,35?,36-,37+,38-,39?,40+,41-,45-,47?/m1/s1. The number of imide groups is 1. The van der Waals surface area contributed by atoms with Gasteiger partial charge >= 0.3 is 23.7 Å². The highest BCUT2D eigenvalue weighted by atomic mass is 16.7. The maximum atomic E-state index is 14.9. The van der Waals surface area contributed by atoms with Crippen LogP contribution in [0.1, 0.15) is 118 Å². The number of urea groups is 2. The Morgan fingerprint density at radius 3 is 2.10 bits per heavy atom. The number of guanidine groups is 1. The molecule has 452 valence electrons. The number of aromatic amines is 1. The molecule has 29 heteroatoms. The molecule has 1 aromatic heterocycles. The smallest absolute Gasteiger partial charge is 0.330 e. The molecule has 0 bridgehead atoms. The number of nitrogens with one attached hydrogen (secondary N) is 6. The summed E-state index contributed by atoms with van der Waals surface area (Å²) in [6, 6.07) is -7.81. The van der Waals surface area contributed by atoms with Crippen molar-refractivity contribution in [2.24, 2.45) is 28.3 Å². The number of carboxylic acids is 1. The van der Waals surface area contributed by atoms with E-state index in [0.717, 1.165) is 65.2 Å². The zero-order valence-electron chi connectivity index (χ0n) is 46.6. The van der Waals surface area contributed by atoms with Crippen molar-refractivity contribution >= 4 is 41.7 Å². The molecule has 0 aliphatic carbocycles. The zero-order chi connectivity index (χ0) is 59.0. The Kier molecular flexibility index (Phi) is 25.1. The normalized spacial score (nSPS) is 26.9. The minimum Gasteiger partial charge on any atom is -0.480 e. The number of H-pyrrole nitrogens is 1. The number of aliphatic imine (C=N–C) groups is 1. The molecule has 29 nitrogen and oxygen atoms in total. The number of hydrogen-bond acceptors (Lipinski definition) is 20. The van der Waals surface area contributed by atoms with Crippen LogP contribution in [0.25, 0.3) is 0 Å². The van der Waals surface area contributed by atoms with Gasteiger partial charge in [0.2, 0.25) is 11.8 Å². The van der Waals surface area contributed by atoms with Crippen LogP contribution in [0, 0.1) is 11.8 Å². The summed E-state index contributed by atoms with van der Waals surface area (Å²) in [5.74, 6) is -5.13. The summed E-state index contributed by atoms with van der Waals surface area (Å²) in [5.41, 5.74) is 10.1.